The molecule has 0 bridgehead atoms. The Hall–Kier alpha value is -2.83. The SMILES string of the molecule is CN=Nc1ccc(-c2c(F)cn3nc(N)nc(CC(C)(C)C)c23)cc1C. The van der Waals surface area contributed by atoms with Crippen molar-refractivity contribution in [1.82, 2.24) is 14.6 Å². The largest absolute Gasteiger partial charge is 0.367 e. The van der Waals surface area contributed by atoms with Gasteiger partial charge in [-0.25, -0.2) is 13.9 Å². The highest BCUT2D eigenvalue weighted by Crippen LogP contribution is 2.35. The van der Waals surface area contributed by atoms with Crippen LogP contribution in [0.1, 0.15) is 32.0 Å². The van der Waals surface area contributed by atoms with Gasteiger partial charge in [-0.05, 0) is 42.0 Å². The number of aryl methyl sites for hydroxylation is 1. The van der Waals surface area contributed by atoms with Gasteiger partial charge in [0.05, 0.1) is 23.1 Å². The fourth-order valence-corrected chi connectivity index (χ4v) is 3.07. The van der Waals surface area contributed by atoms with Gasteiger partial charge in [0.15, 0.2) is 5.82 Å². The Labute approximate surface area is 152 Å². The number of nitrogen functional groups attached to an aromatic ring is 1. The van der Waals surface area contributed by atoms with Crippen LogP contribution in [0.25, 0.3) is 16.6 Å². The Balaban J connectivity index is 2.26. The number of nitrogens with zero attached hydrogens (tertiary/aromatic N) is 5. The van der Waals surface area contributed by atoms with E-state index in [0.29, 0.717) is 17.5 Å². The van der Waals surface area contributed by atoms with Gasteiger partial charge in [-0.1, -0.05) is 26.8 Å². The highest BCUT2D eigenvalue weighted by molar-refractivity contribution is 5.84. The molecule has 26 heavy (non-hydrogen) atoms. The molecule has 2 heterocycles. The molecular formula is C19H23FN6. The lowest BCUT2D eigenvalue weighted by atomic mass is 9.89. The summed E-state index contributed by atoms with van der Waals surface area (Å²) in [5.41, 5.74) is 10.1. The Morgan fingerprint density at radius 2 is 2.00 bits per heavy atom. The van der Waals surface area contributed by atoms with Gasteiger partial charge in [0.2, 0.25) is 5.95 Å². The average Bonchev–Trinajstić information content (AvgIpc) is 2.84. The minimum Gasteiger partial charge on any atom is -0.367 e. The summed E-state index contributed by atoms with van der Waals surface area (Å²) in [5.74, 6) is -0.225. The number of benzene rings is 1. The zero-order valence-corrected chi connectivity index (χ0v) is 15.7. The van der Waals surface area contributed by atoms with Crippen molar-refractivity contribution in [1.29, 1.82) is 0 Å². The minimum atomic E-state index is -0.357. The monoisotopic (exact) mass is 354 g/mol. The molecule has 2 aromatic heterocycles. The third-order valence-corrected chi connectivity index (χ3v) is 4.06. The summed E-state index contributed by atoms with van der Waals surface area (Å²) >= 11 is 0. The average molecular weight is 354 g/mol. The topological polar surface area (TPSA) is 80.9 Å². The van der Waals surface area contributed by atoms with Gasteiger partial charge in [0.1, 0.15) is 0 Å². The summed E-state index contributed by atoms with van der Waals surface area (Å²) in [6.45, 7) is 8.24. The van der Waals surface area contributed by atoms with E-state index in [1.165, 1.54) is 10.7 Å². The fraction of sp³-hybridized carbons (Fsp3) is 0.368. The number of hydrogen-bond donors (Lipinski definition) is 1. The van der Waals surface area contributed by atoms with E-state index in [1.807, 2.05) is 25.1 Å². The van der Waals surface area contributed by atoms with Gasteiger partial charge in [-0.2, -0.15) is 10.2 Å². The predicted octanol–water partition coefficient (Wildman–Crippen LogP) is 4.73. The second-order valence-corrected chi connectivity index (χ2v) is 7.60. The van der Waals surface area contributed by atoms with Crippen LogP contribution in [0.5, 0.6) is 0 Å². The molecule has 0 atom stereocenters. The molecule has 7 heteroatoms. The van der Waals surface area contributed by atoms with Crippen LogP contribution >= 0.6 is 0 Å². The lowest BCUT2D eigenvalue weighted by Crippen LogP contribution is -2.14. The molecule has 0 spiro atoms. The van der Waals surface area contributed by atoms with Crippen LogP contribution in [0.3, 0.4) is 0 Å². The Morgan fingerprint density at radius 1 is 1.27 bits per heavy atom. The van der Waals surface area contributed by atoms with Crippen molar-refractivity contribution in [2.24, 2.45) is 15.6 Å². The van der Waals surface area contributed by atoms with Crippen LogP contribution in [0.15, 0.2) is 34.6 Å². The van der Waals surface area contributed by atoms with Crippen LogP contribution in [-0.2, 0) is 6.42 Å². The van der Waals surface area contributed by atoms with Crippen molar-refractivity contribution >= 4 is 17.2 Å². The Morgan fingerprint density at radius 3 is 2.62 bits per heavy atom. The van der Waals surface area contributed by atoms with Crippen molar-refractivity contribution in [3.8, 4) is 11.1 Å². The maximum absolute atomic E-state index is 14.8. The molecule has 0 saturated heterocycles. The predicted molar refractivity (Wildman–Crippen MR) is 101 cm³/mol. The molecule has 0 unspecified atom stereocenters. The van der Waals surface area contributed by atoms with Crippen molar-refractivity contribution in [3.05, 3.63) is 41.5 Å². The zero-order valence-electron chi connectivity index (χ0n) is 15.7. The number of azo groups is 1. The summed E-state index contributed by atoms with van der Waals surface area (Å²) in [4.78, 5) is 4.40. The maximum Gasteiger partial charge on any atom is 0.238 e. The van der Waals surface area contributed by atoms with E-state index in [1.54, 1.807) is 7.05 Å². The van der Waals surface area contributed by atoms with Crippen LogP contribution in [0, 0.1) is 18.2 Å². The molecule has 0 radical (unpaired) electrons. The zero-order chi connectivity index (χ0) is 19.1. The van der Waals surface area contributed by atoms with Crippen LogP contribution in [0.4, 0.5) is 16.0 Å². The molecule has 0 saturated carbocycles. The van der Waals surface area contributed by atoms with Gasteiger partial charge < -0.3 is 5.73 Å². The lowest BCUT2D eigenvalue weighted by molar-refractivity contribution is 0.407. The molecule has 3 rings (SSSR count). The van der Waals surface area contributed by atoms with Gasteiger partial charge in [0, 0.05) is 12.6 Å². The molecule has 1 aromatic carbocycles. The summed E-state index contributed by atoms with van der Waals surface area (Å²) in [5, 5.41) is 12.0. The van der Waals surface area contributed by atoms with E-state index < -0.39 is 0 Å². The summed E-state index contributed by atoms with van der Waals surface area (Å²) in [6.07, 6.45) is 2.00. The maximum atomic E-state index is 14.8. The summed E-state index contributed by atoms with van der Waals surface area (Å²) in [6, 6.07) is 5.58. The third kappa shape index (κ3) is 3.42. The molecule has 3 aromatic rings. The third-order valence-electron chi connectivity index (χ3n) is 4.06. The summed E-state index contributed by atoms with van der Waals surface area (Å²) < 4.78 is 16.3. The number of rotatable bonds is 3. The number of fused-ring (bicyclic) bond motifs is 1. The first kappa shape index (κ1) is 18.0. The first-order valence-electron chi connectivity index (χ1n) is 8.43. The van der Waals surface area contributed by atoms with Gasteiger partial charge in [-0.15, -0.1) is 5.10 Å². The molecule has 0 aliphatic heterocycles. The quantitative estimate of drug-likeness (QED) is 0.691. The number of hydrogen-bond acceptors (Lipinski definition) is 5. The second kappa shape index (κ2) is 6.48. The minimum absolute atomic E-state index is 0.0272. The van der Waals surface area contributed by atoms with Crippen LogP contribution in [-0.4, -0.2) is 21.6 Å². The lowest BCUT2D eigenvalue weighted by Gasteiger charge is -2.18. The van der Waals surface area contributed by atoms with E-state index in [4.69, 9.17) is 5.73 Å². The molecule has 2 N–H and O–H groups in total. The first-order valence-corrected chi connectivity index (χ1v) is 8.43. The van der Waals surface area contributed by atoms with E-state index >= 15 is 0 Å². The van der Waals surface area contributed by atoms with Crippen LogP contribution < -0.4 is 5.73 Å². The smallest absolute Gasteiger partial charge is 0.238 e. The van der Waals surface area contributed by atoms with Gasteiger partial charge >= 0.3 is 0 Å². The molecule has 0 fully saturated rings. The molecule has 0 aliphatic rings. The molecule has 6 nitrogen and oxygen atoms in total. The molecular weight excluding hydrogens is 331 g/mol. The highest BCUT2D eigenvalue weighted by Gasteiger charge is 2.22. The Bertz CT molecular complexity index is 997. The normalized spacial score (nSPS) is 12.4. The Kier molecular flexibility index (Phi) is 4.48. The number of nitrogens with two attached hydrogens (primary N) is 1. The number of halogens is 1. The molecule has 0 amide bonds. The van der Waals surface area contributed by atoms with Gasteiger partial charge in [0.25, 0.3) is 0 Å². The van der Waals surface area contributed by atoms with E-state index in [-0.39, 0.29) is 17.2 Å². The van der Waals surface area contributed by atoms with E-state index in [0.717, 1.165) is 22.5 Å². The summed E-state index contributed by atoms with van der Waals surface area (Å²) in [7, 11) is 1.62. The van der Waals surface area contributed by atoms with Gasteiger partial charge in [-0.3, -0.25) is 0 Å². The first-order chi connectivity index (χ1) is 12.2. The van der Waals surface area contributed by atoms with E-state index in [2.05, 4.69) is 41.1 Å². The standard InChI is InChI=1S/C19H23FN6/c1-11-8-12(6-7-14(11)24-22-5)16-13(20)10-26-17(16)15(9-19(2,3)4)23-18(21)25-26/h6-8,10H,9H2,1-5H3,(H2,21,25). The van der Waals surface area contributed by atoms with Crippen molar-refractivity contribution in [2.75, 3.05) is 12.8 Å². The molecule has 136 valence electrons. The highest BCUT2D eigenvalue weighted by atomic mass is 19.1. The number of aromatic nitrogens is 3. The van der Waals surface area contributed by atoms with E-state index in [9.17, 15) is 4.39 Å². The van der Waals surface area contributed by atoms with Crippen molar-refractivity contribution < 1.29 is 4.39 Å². The number of anilines is 1. The van der Waals surface area contributed by atoms with Crippen molar-refractivity contribution in [2.45, 2.75) is 34.1 Å². The van der Waals surface area contributed by atoms with Crippen molar-refractivity contribution in [3.63, 3.8) is 0 Å². The van der Waals surface area contributed by atoms with Crippen LogP contribution in [0.2, 0.25) is 0 Å². The second-order valence-electron chi connectivity index (χ2n) is 7.60. The molecule has 0 aliphatic carbocycles. The fourth-order valence-electron chi connectivity index (χ4n) is 3.07.